The van der Waals surface area contributed by atoms with E-state index in [2.05, 4.69) is 33.0 Å². The van der Waals surface area contributed by atoms with E-state index in [9.17, 15) is 28.3 Å². The molecule has 1 fully saturated rings. The molecule has 2 atom stereocenters. The summed E-state index contributed by atoms with van der Waals surface area (Å²) < 4.78 is 28.6. The van der Waals surface area contributed by atoms with Gasteiger partial charge in [-0.3, -0.25) is 9.59 Å². The van der Waals surface area contributed by atoms with Gasteiger partial charge in [0, 0.05) is 31.0 Å². The van der Waals surface area contributed by atoms with Crippen LogP contribution in [0.3, 0.4) is 0 Å². The smallest absolute Gasteiger partial charge is 0.223 e. The lowest BCUT2D eigenvalue weighted by Crippen LogP contribution is -2.51. The van der Waals surface area contributed by atoms with E-state index in [1.165, 1.54) is 99.1 Å². The van der Waals surface area contributed by atoms with Gasteiger partial charge in [0.15, 0.2) is 11.6 Å². The number of halogens is 2. The van der Waals surface area contributed by atoms with Crippen LogP contribution >= 0.6 is 0 Å². The van der Waals surface area contributed by atoms with E-state index >= 15 is 0 Å². The van der Waals surface area contributed by atoms with E-state index in [0.717, 1.165) is 6.07 Å². The number of hydrogen-bond acceptors (Lipinski definition) is 4. The molecule has 246 valence electrons. The fourth-order valence-electron chi connectivity index (χ4n) is 5.67. The van der Waals surface area contributed by atoms with Crippen molar-refractivity contribution in [1.29, 1.82) is 0 Å². The molecular formula is C34H57F2N3O4. The summed E-state index contributed by atoms with van der Waals surface area (Å²) in [5, 5.41) is 13.5. The van der Waals surface area contributed by atoms with Crippen molar-refractivity contribution in [3.8, 4) is 0 Å². The average molecular weight is 610 g/mol. The summed E-state index contributed by atoms with van der Waals surface area (Å²) in [6.45, 7) is 18.1. The van der Waals surface area contributed by atoms with Crippen LogP contribution in [0.25, 0.3) is 0 Å². The minimum Gasteiger partial charge on any atom is -0.548 e. The molecule has 0 aromatic heterocycles. The molecule has 0 aliphatic carbocycles. The van der Waals surface area contributed by atoms with E-state index in [1.54, 1.807) is 13.8 Å². The third kappa shape index (κ3) is 13.3. The standard InChI is InChI=1S/C18H22F2N2O4.C16H36N/c1-10(2)17(18(25)26)21-14(23)8-12-6-7-15(24)22(12)9-11-4-3-5-13(19)16(11)20;1-5-9-13-17(14-10-6-2,15-11-7-3)16-12-8-4/h3-5,10,12,17H,6-9H2,1-2H3,(H,21,23)(H,25,26);5-16H2,1-4H3/q;+1/p-1/t12-,17-;/m0./s1. The molecule has 0 saturated carbocycles. The second-order valence-electron chi connectivity index (χ2n) is 12.4. The molecule has 2 amide bonds. The SMILES string of the molecule is CC(C)[C@H](NC(=O)C[C@@H]1CCC(=O)N1Cc1cccc(F)c1F)C(=O)[O-].CCCC[N+](CCCC)(CCCC)CCCC. The van der Waals surface area contributed by atoms with E-state index in [0.29, 0.717) is 6.42 Å². The number of unbranched alkanes of at least 4 members (excludes halogenated alkanes) is 4. The summed E-state index contributed by atoms with van der Waals surface area (Å²) in [5.74, 6) is -4.55. The van der Waals surface area contributed by atoms with Gasteiger partial charge < -0.3 is 24.6 Å². The molecule has 2 rings (SSSR count). The van der Waals surface area contributed by atoms with E-state index in [-0.39, 0.29) is 36.8 Å². The Bertz CT molecular complexity index is 951. The van der Waals surface area contributed by atoms with Gasteiger partial charge in [-0.05, 0) is 44.1 Å². The maximum atomic E-state index is 13.9. The molecule has 1 aromatic rings. The van der Waals surface area contributed by atoms with Crippen LogP contribution in [0.5, 0.6) is 0 Å². The number of nitrogens with zero attached hydrogens (tertiary/aromatic N) is 2. The van der Waals surface area contributed by atoms with Gasteiger partial charge in [-0.1, -0.05) is 79.4 Å². The number of hydrogen-bond donors (Lipinski definition) is 1. The van der Waals surface area contributed by atoms with E-state index in [4.69, 9.17) is 0 Å². The molecule has 9 heteroatoms. The van der Waals surface area contributed by atoms with Crippen molar-refractivity contribution >= 4 is 17.8 Å². The summed E-state index contributed by atoms with van der Waals surface area (Å²) in [6.07, 6.45) is 11.5. The first-order chi connectivity index (χ1) is 20.4. The van der Waals surface area contributed by atoms with Crippen LogP contribution in [0.15, 0.2) is 18.2 Å². The van der Waals surface area contributed by atoms with Crippen LogP contribution in [-0.4, -0.2) is 65.4 Å². The summed E-state index contributed by atoms with van der Waals surface area (Å²) >= 11 is 0. The topological polar surface area (TPSA) is 89.5 Å². The molecule has 1 saturated heterocycles. The van der Waals surface area contributed by atoms with Gasteiger partial charge in [-0.25, -0.2) is 8.78 Å². The molecule has 0 radical (unpaired) electrons. The minimum absolute atomic E-state index is 0.0282. The lowest BCUT2D eigenvalue weighted by atomic mass is 10.0. The van der Waals surface area contributed by atoms with Crippen LogP contribution in [-0.2, 0) is 20.9 Å². The van der Waals surface area contributed by atoms with E-state index in [1.807, 2.05) is 0 Å². The van der Waals surface area contributed by atoms with Gasteiger partial charge in [0.2, 0.25) is 11.8 Å². The second-order valence-corrected chi connectivity index (χ2v) is 12.4. The number of aliphatic carboxylic acids is 1. The molecule has 1 N–H and O–H groups in total. The van der Waals surface area contributed by atoms with Crippen LogP contribution in [0, 0.1) is 17.6 Å². The highest BCUT2D eigenvalue weighted by molar-refractivity contribution is 5.85. The molecular weight excluding hydrogens is 552 g/mol. The first-order valence-electron chi connectivity index (χ1n) is 16.5. The van der Waals surface area contributed by atoms with Gasteiger partial charge in [-0.2, -0.15) is 0 Å². The molecule has 1 aliphatic heterocycles. The van der Waals surface area contributed by atoms with Gasteiger partial charge in [-0.15, -0.1) is 0 Å². The number of rotatable bonds is 19. The Hall–Kier alpha value is -2.55. The number of quaternary nitrogens is 1. The highest BCUT2D eigenvalue weighted by Gasteiger charge is 2.33. The number of nitrogens with one attached hydrogen (secondary N) is 1. The summed E-state index contributed by atoms with van der Waals surface area (Å²) in [4.78, 5) is 36.7. The molecule has 43 heavy (non-hydrogen) atoms. The summed E-state index contributed by atoms with van der Waals surface area (Å²) in [7, 11) is 0. The summed E-state index contributed by atoms with van der Waals surface area (Å²) in [6, 6.07) is 2.09. The monoisotopic (exact) mass is 609 g/mol. The fourth-order valence-corrected chi connectivity index (χ4v) is 5.67. The van der Waals surface area contributed by atoms with Crippen molar-refractivity contribution in [1.82, 2.24) is 10.2 Å². The Morgan fingerprint density at radius 2 is 1.47 bits per heavy atom. The predicted molar refractivity (Wildman–Crippen MR) is 166 cm³/mol. The Kier molecular flexibility index (Phi) is 18.3. The first kappa shape index (κ1) is 38.5. The maximum absolute atomic E-state index is 13.9. The third-order valence-electron chi connectivity index (χ3n) is 8.43. The zero-order valence-electron chi connectivity index (χ0n) is 27.6. The van der Waals surface area contributed by atoms with Crippen LogP contribution < -0.4 is 10.4 Å². The normalized spacial score (nSPS) is 15.8. The highest BCUT2D eigenvalue weighted by Crippen LogP contribution is 2.25. The molecule has 1 aliphatic rings. The number of carboxylic acid groups (broad SMARTS) is 1. The van der Waals surface area contributed by atoms with Gasteiger partial charge in [0.1, 0.15) is 0 Å². The second kappa shape index (κ2) is 20.4. The van der Waals surface area contributed by atoms with Gasteiger partial charge >= 0.3 is 0 Å². The van der Waals surface area contributed by atoms with Crippen molar-refractivity contribution in [2.45, 2.75) is 131 Å². The average Bonchev–Trinajstić information content (AvgIpc) is 3.31. The Morgan fingerprint density at radius 1 is 0.953 bits per heavy atom. The predicted octanol–water partition coefficient (Wildman–Crippen LogP) is 5.74. The fraction of sp³-hybridized carbons (Fsp3) is 0.735. The zero-order chi connectivity index (χ0) is 32.4. The first-order valence-corrected chi connectivity index (χ1v) is 16.5. The number of benzene rings is 1. The van der Waals surface area contributed by atoms with Crippen molar-refractivity contribution < 1.29 is 32.8 Å². The lowest BCUT2D eigenvalue weighted by molar-refractivity contribution is -0.929. The zero-order valence-corrected chi connectivity index (χ0v) is 27.6. The third-order valence-corrected chi connectivity index (χ3v) is 8.43. The minimum atomic E-state index is -1.38. The van der Waals surface area contributed by atoms with Crippen LogP contribution in [0.1, 0.15) is 118 Å². The number of amides is 2. The van der Waals surface area contributed by atoms with E-state index < -0.39 is 35.6 Å². The quantitative estimate of drug-likeness (QED) is 0.203. The molecule has 1 heterocycles. The molecule has 0 spiro atoms. The van der Waals surface area contributed by atoms with Gasteiger partial charge in [0.25, 0.3) is 0 Å². The Labute approximate surface area is 259 Å². The van der Waals surface area contributed by atoms with Crippen molar-refractivity contribution in [3.63, 3.8) is 0 Å². The largest absolute Gasteiger partial charge is 0.548 e. The highest BCUT2D eigenvalue weighted by atomic mass is 19.2. The maximum Gasteiger partial charge on any atom is 0.223 e. The number of carbonyl (C=O) groups excluding carboxylic acids is 3. The van der Waals surface area contributed by atoms with Crippen molar-refractivity contribution in [2.75, 3.05) is 26.2 Å². The Morgan fingerprint density at radius 3 is 1.91 bits per heavy atom. The molecule has 7 nitrogen and oxygen atoms in total. The molecule has 1 aromatic carbocycles. The van der Waals surface area contributed by atoms with Crippen molar-refractivity contribution in [2.24, 2.45) is 5.92 Å². The summed E-state index contributed by atoms with van der Waals surface area (Å²) in [5.41, 5.74) is 0.0282. The number of carbonyl (C=O) groups is 3. The van der Waals surface area contributed by atoms with Crippen LogP contribution in [0.2, 0.25) is 0 Å². The molecule has 0 unspecified atom stereocenters. The number of likely N-dealkylation sites (tertiary alicyclic amines) is 1. The van der Waals surface area contributed by atoms with Crippen LogP contribution in [0.4, 0.5) is 8.78 Å². The van der Waals surface area contributed by atoms with Gasteiger partial charge in [0.05, 0.1) is 38.2 Å². The lowest BCUT2D eigenvalue weighted by Gasteiger charge is -2.39. The van der Waals surface area contributed by atoms with Crippen molar-refractivity contribution in [3.05, 3.63) is 35.4 Å². The molecule has 0 bridgehead atoms. The number of carboxylic acids is 1. The Balaban J connectivity index is 0.000000474.